The summed E-state index contributed by atoms with van der Waals surface area (Å²) in [4.78, 5) is 18.3. The molecule has 2 atom stereocenters. The van der Waals surface area contributed by atoms with Crippen molar-refractivity contribution < 1.29 is 0 Å². The van der Waals surface area contributed by atoms with Crippen molar-refractivity contribution in [3.63, 3.8) is 0 Å². The van der Waals surface area contributed by atoms with Crippen LogP contribution in [0.2, 0.25) is 0 Å². The monoisotopic (exact) mass is 353 g/mol. The smallest absolute Gasteiger partial charge is 0.198 e. The number of benzene rings is 2. The van der Waals surface area contributed by atoms with Crippen LogP contribution in [0.4, 0.5) is 0 Å². The quantitative estimate of drug-likeness (QED) is 0.437. The highest BCUT2D eigenvalue weighted by molar-refractivity contribution is 5.99. The molecular weight excluding hydrogens is 334 g/mol. The Morgan fingerprint density at radius 3 is 3.00 bits per heavy atom. The lowest BCUT2D eigenvalue weighted by Gasteiger charge is -2.29. The van der Waals surface area contributed by atoms with E-state index in [9.17, 15) is 4.79 Å². The highest BCUT2D eigenvalue weighted by atomic mass is 16.1. The number of pyridine rings is 2. The van der Waals surface area contributed by atoms with Crippen molar-refractivity contribution >= 4 is 32.8 Å². The van der Waals surface area contributed by atoms with Gasteiger partial charge >= 0.3 is 0 Å². The second-order valence-electron chi connectivity index (χ2n) is 7.71. The second-order valence-corrected chi connectivity index (χ2v) is 7.71. The van der Waals surface area contributed by atoms with Gasteiger partial charge in [0.25, 0.3) is 0 Å². The van der Waals surface area contributed by atoms with Crippen LogP contribution in [0.5, 0.6) is 0 Å². The zero-order valence-electron chi connectivity index (χ0n) is 14.9. The van der Waals surface area contributed by atoms with Gasteiger partial charge in [-0.3, -0.25) is 10.1 Å². The molecule has 1 N–H and O–H groups in total. The van der Waals surface area contributed by atoms with Crippen molar-refractivity contribution in [1.29, 1.82) is 0 Å². The van der Waals surface area contributed by atoms with Gasteiger partial charge in [-0.2, -0.15) is 0 Å². The van der Waals surface area contributed by atoms with E-state index in [0.29, 0.717) is 5.39 Å². The topological polar surface area (TPSA) is 46.9 Å². The average molecular weight is 353 g/mol. The van der Waals surface area contributed by atoms with E-state index in [0.717, 1.165) is 46.8 Å². The first-order valence-corrected chi connectivity index (χ1v) is 9.46. The van der Waals surface area contributed by atoms with Crippen LogP contribution in [0.3, 0.4) is 0 Å². The van der Waals surface area contributed by atoms with Crippen LogP contribution in [0.15, 0.2) is 66.0 Å². The molecule has 0 saturated carbocycles. The lowest BCUT2D eigenvalue weighted by molar-refractivity contribution is 0.330. The minimum Gasteiger partial charge on any atom is -0.308 e. The Morgan fingerprint density at radius 2 is 2.11 bits per heavy atom. The molecule has 2 aliphatic heterocycles. The van der Waals surface area contributed by atoms with E-state index in [1.54, 1.807) is 0 Å². The summed E-state index contributed by atoms with van der Waals surface area (Å²) in [5.74, 6) is 0. The third-order valence-electron chi connectivity index (χ3n) is 6.43. The number of hydrogen-bond donors (Lipinski definition) is 1. The molecule has 0 amide bonds. The Bertz CT molecular complexity index is 1340. The van der Waals surface area contributed by atoms with Crippen LogP contribution in [0, 0.1) is 0 Å². The fraction of sp³-hybridized carbons (Fsp3) is 0.217. The number of nitrogens with zero attached hydrogens (tertiary/aromatic N) is 2. The van der Waals surface area contributed by atoms with Crippen LogP contribution >= 0.6 is 0 Å². The van der Waals surface area contributed by atoms with Crippen molar-refractivity contribution in [2.24, 2.45) is 0 Å². The first kappa shape index (κ1) is 15.1. The molecular formula is C23H19N3O. The number of rotatable bonds is 2. The molecule has 2 aromatic carbocycles. The first-order valence-electron chi connectivity index (χ1n) is 9.46. The highest BCUT2D eigenvalue weighted by Gasteiger charge is 2.50. The summed E-state index contributed by atoms with van der Waals surface area (Å²) in [6.07, 6.45) is 4.03. The Kier molecular flexibility index (Phi) is 2.83. The van der Waals surface area contributed by atoms with Crippen LogP contribution in [0.25, 0.3) is 32.8 Å². The van der Waals surface area contributed by atoms with E-state index in [1.807, 2.05) is 48.5 Å². The molecule has 1 fully saturated rings. The third-order valence-corrected chi connectivity index (χ3v) is 6.43. The van der Waals surface area contributed by atoms with E-state index in [2.05, 4.69) is 22.5 Å². The summed E-state index contributed by atoms with van der Waals surface area (Å²) in [7, 11) is 0. The maximum atomic E-state index is 13.4. The van der Waals surface area contributed by atoms with Crippen molar-refractivity contribution in [1.82, 2.24) is 14.9 Å². The van der Waals surface area contributed by atoms with Crippen LogP contribution in [-0.4, -0.2) is 16.1 Å². The number of nitrogens with one attached hydrogen (secondary N) is 1. The third kappa shape index (κ3) is 1.71. The normalized spacial score (nSPS) is 23.3. The zero-order chi connectivity index (χ0) is 18.2. The molecule has 4 nitrogen and oxygen atoms in total. The molecule has 1 saturated heterocycles. The van der Waals surface area contributed by atoms with E-state index in [1.165, 1.54) is 5.56 Å². The largest absolute Gasteiger partial charge is 0.308 e. The van der Waals surface area contributed by atoms with Gasteiger partial charge < -0.3 is 4.57 Å². The van der Waals surface area contributed by atoms with E-state index in [-0.39, 0.29) is 17.0 Å². The number of allylic oxidation sites excluding steroid dienone is 1. The maximum absolute atomic E-state index is 13.4. The molecule has 4 heterocycles. The van der Waals surface area contributed by atoms with Gasteiger partial charge in [-0.15, -0.1) is 6.58 Å². The Labute approximate surface area is 156 Å². The van der Waals surface area contributed by atoms with Gasteiger partial charge in [0.15, 0.2) is 5.43 Å². The first-order chi connectivity index (χ1) is 13.2. The summed E-state index contributed by atoms with van der Waals surface area (Å²) in [5.41, 5.74) is 4.02. The summed E-state index contributed by atoms with van der Waals surface area (Å²) >= 11 is 0. The molecule has 4 heteroatoms. The van der Waals surface area contributed by atoms with E-state index < -0.39 is 0 Å². The van der Waals surface area contributed by atoms with Gasteiger partial charge in [-0.1, -0.05) is 36.4 Å². The SMILES string of the molecule is C=CC[C@@]12CCN[C@@H]1n1c3nc4ccccc4cc3c(=O)c3cccc2c31. The van der Waals surface area contributed by atoms with Crippen molar-refractivity contribution in [2.75, 3.05) is 6.54 Å². The van der Waals surface area contributed by atoms with Crippen LogP contribution in [0.1, 0.15) is 24.6 Å². The van der Waals surface area contributed by atoms with Crippen LogP contribution in [-0.2, 0) is 5.41 Å². The van der Waals surface area contributed by atoms with Crippen molar-refractivity contribution in [3.8, 4) is 0 Å². The molecule has 4 aromatic rings. The molecule has 2 aliphatic rings. The lowest BCUT2D eigenvalue weighted by Crippen LogP contribution is -2.32. The molecule has 2 aromatic heterocycles. The Balaban J connectivity index is 1.86. The summed E-state index contributed by atoms with van der Waals surface area (Å²) in [6.45, 7) is 4.97. The molecule has 0 spiro atoms. The standard InChI is InChI=1S/C23H19N3O/c1-2-10-23-11-12-24-22(23)26-19-15(7-5-8-17(19)23)20(27)16-13-14-6-3-4-9-18(14)25-21(16)26/h2-9,13,22,24H,1,10-12H2/t22-,23+/m1/s1. The van der Waals surface area contributed by atoms with Crippen LogP contribution < -0.4 is 10.7 Å². The van der Waals surface area contributed by atoms with E-state index >= 15 is 0 Å². The van der Waals surface area contributed by atoms with Gasteiger partial charge in [-0.05, 0) is 43.1 Å². The van der Waals surface area contributed by atoms with Crippen molar-refractivity contribution in [2.45, 2.75) is 24.4 Å². The molecule has 132 valence electrons. The van der Waals surface area contributed by atoms with Gasteiger partial charge in [0, 0.05) is 16.2 Å². The summed E-state index contributed by atoms with van der Waals surface area (Å²) in [5, 5.41) is 6.17. The molecule has 0 bridgehead atoms. The van der Waals surface area contributed by atoms with Gasteiger partial charge in [0.2, 0.25) is 0 Å². The summed E-state index contributed by atoms with van der Waals surface area (Å²) < 4.78 is 2.28. The van der Waals surface area contributed by atoms with Crippen molar-refractivity contribution in [3.05, 3.63) is 77.0 Å². The molecule has 0 unspecified atom stereocenters. The van der Waals surface area contributed by atoms with Gasteiger partial charge in [0.1, 0.15) is 5.65 Å². The molecule has 0 radical (unpaired) electrons. The fourth-order valence-corrected chi connectivity index (χ4v) is 5.31. The second kappa shape index (κ2) is 5.05. The summed E-state index contributed by atoms with van der Waals surface area (Å²) in [6, 6.07) is 16.2. The average Bonchev–Trinajstić information content (AvgIpc) is 3.22. The number of hydrogen-bond acceptors (Lipinski definition) is 3. The fourth-order valence-electron chi connectivity index (χ4n) is 5.31. The molecule has 6 rings (SSSR count). The maximum Gasteiger partial charge on any atom is 0.198 e. The highest BCUT2D eigenvalue weighted by Crippen LogP contribution is 2.52. The number of fused-ring (bicyclic) bond motifs is 6. The zero-order valence-corrected chi connectivity index (χ0v) is 14.9. The molecule has 0 aliphatic carbocycles. The van der Waals surface area contributed by atoms with Gasteiger partial charge in [-0.25, -0.2) is 4.98 Å². The number of para-hydroxylation sites is 2. The number of aromatic nitrogens is 2. The Morgan fingerprint density at radius 1 is 1.22 bits per heavy atom. The minimum absolute atomic E-state index is 0.0533. The minimum atomic E-state index is -0.0533. The predicted octanol–water partition coefficient (Wildman–Crippen LogP) is 4.02. The lowest BCUT2D eigenvalue weighted by atomic mass is 9.76. The Hall–Kier alpha value is -2.98. The van der Waals surface area contributed by atoms with E-state index in [4.69, 9.17) is 4.98 Å². The predicted molar refractivity (Wildman–Crippen MR) is 109 cm³/mol. The molecule has 27 heavy (non-hydrogen) atoms. The van der Waals surface area contributed by atoms with Gasteiger partial charge in [0.05, 0.1) is 22.6 Å².